The first kappa shape index (κ1) is 18.5. The number of halogens is 1. The number of carboxylic acid groups (broad SMARTS) is 2. The van der Waals surface area contributed by atoms with E-state index >= 15 is 0 Å². The van der Waals surface area contributed by atoms with Crippen molar-refractivity contribution in [2.45, 2.75) is 12.3 Å². The zero-order valence-corrected chi connectivity index (χ0v) is 13.8. The van der Waals surface area contributed by atoms with Gasteiger partial charge < -0.3 is 10.2 Å². The molecule has 0 bridgehead atoms. The number of nitrogens with zero attached hydrogens (tertiary/aromatic N) is 1. The number of hydrogen-bond acceptors (Lipinski definition) is 4. The molecule has 0 fully saturated rings. The highest BCUT2D eigenvalue weighted by molar-refractivity contribution is 9.08. The Morgan fingerprint density at radius 1 is 1.04 bits per heavy atom. The quantitative estimate of drug-likeness (QED) is 0.623. The Morgan fingerprint density at radius 2 is 1.61 bits per heavy atom. The minimum atomic E-state index is -1.13. The second-order valence-electron chi connectivity index (χ2n) is 4.46. The van der Waals surface area contributed by atoms with E-state index in [4.69, 9.17) is 10.2 Å². The second kappa shape index (κ2) is 8.79. The average Bonchev–Trinajstić information content (AvgIpc) is 2.55. The largest absolute Gasteiger partial charge is 0.478 e. The molecule has 0 saturated carbocycles. The Morgan fingerprint density at radius 3 is 1.91 bits per heavy atom. The van der Waals surface area contributed by atoms with Crippen LogP contribution in [0.15, 0.2) is 42.7 Å². The lowest BCUT2D eigenvalue weighted by Crippen LogP contribution is -2.03. The van der Waals surface area contributed by atoms with Crippen molar-refractivity contribution in [3.63, 3.8) is 0 Å². The third kappa shape index (κ3) is 5.99. The van der Waals surface area contributed by atoms with Crippen LogP contribution in [0.3, 0.4) is 0 Å². The Hall–Kier alpha value is -2.54. The molecule has 0 spiro atoms. The first-order chi connectivity index (χ1) is 10.8. The number of benzene rings is 1. The molecule has 0 amide bonds. The smallest absolute Gasteiger partial charge is 0.335 e. The number of Topliss-reactive ketones (excluding diaryl/α,β-unsaturated/α-hetero) is 1. The molecule has 7 heteroatoms. The number of aromatic carboxylic acids is 2. The molecule has 1 aromatic heterocycles. The fraction of sp³-hybridized carbons (Fsp3) is 0.125. The summed E-state index contributed by atoms with van der Waals surface area (Å²) in [6, 6.07) is 7.50. The highest BCUT2D eigenvalue weighted by Gasteiger charge is 2.10. The molecule has 0 aliphatic rings. The van der Waals surface area contributed by atoms with Gasteiger partial charge in [-0.15, -0.1) is 0 Å². The van der Waals surface area contributed by atoms with E-state index < -0.39 is 11.9 Å². The molecular formula is C16H14BrNO5. The SMILES string of the molecule is CC(=O)c1cccnc1.O=C(O)c1cc(CBr)cc(C(=O)O)c1. The maximum absolute atomic E-state index is 10.6. The summed E-state index contributed by atoms with van der Waals surface area (Å²) < 4.78 is 0. The molecule has 1 aromatic carbocycles. The standard InChI is InChI=1S/C9H7BrO4.C7H7NO/c10-4-5-1-6(8(11)12)3-7(2-5)9(13)14;1-6(9)7-3-2-4-8-5-7/h1-3H,4H2,(H,11,12)(H,13,14);2-5H,1H3. The molecule has 1 heterocycles. The number of aromatic nitrogens is 1. The first-order valence-electron chi connectivity index (χ1n) is 6.42. The summed E-state index contributed by atoms with van der Waals surface area (Å²) in [7, 11) is 0. The van der Waals surface area contributed by atoms with Gasteiger partial charge in [-0.2, -0.15) is 0 Å². The predicted molar refractivity (Wildman–Crippen MR) is 87.2 cm³/mol. The maximum Gasteiger partial charge on any atom is 0.335 e. The predicted octanol–water partition coefficient (Wildman–Crippen LogP) is 3.26. The van der Waals surface area contributed by atoms with Crippen LogP contribution in [0.25, 0.3) is 0 Å². The molecule has 0 aliphatic heterocycles. The third-order valence-corrected chi connectivity index (χ3v) is 3.36. The van der Waals surface area contributed by atoms with Crippen LogP contribution in [0.4, 0.5) is 0 Å². The molecule has 2 rings (SSSR count). The van der Waals surface area contributed by atoms with Crippen molar-refractivity contribution in [2.24, 2.45) is 0 Å². The van der Waals surface area contributed by atoms with Gasteiger partial charge in [-0.05, 0) is 42.8 Å². The lowest BCUT2D eigenvalue weighted by Gasteiger charge is -2.01. The Kier molecular flexibility index (Phi) is 7.08. The summed E-state index contributed by atoms with van der Waals surface area (Å²) in [5, 5.41) is 17.8. The van der Waals surface area contributed by atoms with Gasteiger partial charge in [0.1, 0.15) is 0 Å². The maximum atomic E-state index is 10.6. The number of ketones is 1. The fourth-order valence-corrected chi connectivity index (χ4v) is 1.91. The summed E-state index contributed by atoms with van der Waals surface area (Å²) in [4.78, 5) is 35.7. The topological polar surface area (TPSA) is 105 Å². The van der Waals surface area contributed by atoms with Gasteiger partial charge in [-0.1, -0.05) is 15.9 Å². The zero-order chi connectivity index (χ0) is 17.4. The molecule has 120 valence electrons. The minimum absolute atomic E-state index is 0.0145. The summed E-state index contributed by atoms with van der Waals surface area (Å²) in [5.41, 5.74) is 1.26. The highest BCUT2D eigenvalue weighted by atomic mass is 79.9. The monoisotopic (exact) mass is 379 g/mol. The molecule has 0 aliphatic carbocycles. The van der Waals surface area contributed by atoms with Gasteiger partial charge in [-0.3, -0.25) is 9.78 Å². The van der Waals surface area contributed by atoms with Crippen molar-refractivity contribution in [1.82, 2.24) is 4.98 Å². The van der Waals surface area contributed by atoms with Gasteiger partial charge in [0, 0.05) is 23.3 Å². The van der Waals surface area contributed by atoms with E-state index in [1.807, 2.05) is 0 Å². The van der Waals surface area contributed by atoms with Gasteiger partial charge in [0.15, 0.2) is 5.78 Å². The van der Waals surface area contributed by atoms with Crippen molar-refractivity contribution in [1.29, 1.82) is 0 Å². The van der Waals surface area contributed by atoms with E-state index in [1.165, 1.54) is 19.1 Å². The van der Waals surface area contributed by atoms with Gasteiger partial charge in [0.25, 0.3) is 0 Å². The normalized spacial score (nSPS) is 9.48. The zero-order valence-electron chi connectivity index (χ0n) is 12.2. The third-order valence-electron chi connectivity index (χ3n) is 2.71. The summed E-state index contributed by atoms with van der Waals surface area (Å²) in [6.45, 7) is 1.52. The van der Waals surface area contributed by atoms with Crippen molar-refractivity contribution in [3.05, 3.63) is 65.0 Å². The van der Waals surface area contributed by atoms with Crippen molar-refractivity contribution >= 4 is 33.7 Å². The lowest BCUT2D eigenvalue weighted by molar-refractivity contribution is 0.0696. The van der Waals surface area contributed by atoms with E-state index in [9.17, 15) is 14.4 Å². The number of hydrogen-bond donors (Lipinski definition) is 2. The lowest BCUT2D eigenvalue weighted by atomic mass is 10.1. The van der Waals surface area contributed by atoms with Crippen LogP contribution >= 0.6 is 15.9 Å². The Balaban J connectivity index is 0.000000253. The van der Waals surface area contributed by atoms with E-state index in [2.05, 4.69) is 20.9 Å². The number of carbonyl (C=O) groups is 3. The van der Waals surface area contributed by atoms with E-state index in [0.717, 1.165) is 6.07 Å². The molecule has 0 unspecified atom stereocenters. The summed E-state index contributed by atoms with van der Waals surface area (Å²) in [5.74, 6) is -2.20. The van der Waals surface area contributed by atoms with Crippen LogP contribution < -0.4 is 0 Å². The molecule has 0 saturated heterocycles. The van der Waals surface area contributed by atoms with Gasteiger partial charge in [0.05, 0.1) is 11.1 Å². The van der Waals surface area contributed by atoms with Crippen LogP contribution in [-0.4, -0.2) is 32.9 Å². The van der Waals surface area contributed by atoms with Crippen molar-refractivity contribution in [3.8, 4) is 0 Å². The number of alkyl halides is 1. The number of carboxylic acids is 2. The Bertz CT molecular complexity index is 683. The van der Waals surface area contributed by atoms with Crippen LogP contribution in [-0.2, 0) is 5.33 Å². The molecule has 23 heavy (non-hydrogen) atoms. The molecule has 0 radical (unpaired) electrons. The van der Waals surface area contributed by atoms with Gasteiger partial charge in [-0.25, -0.2) is 9.59 Å². The number of rotatable bonds is 4. The second-order valence-corrected chi connectivity index (χ2v) is 5.02. The summed E-state index contributed by atoms with van der Waals surface area (Å²) >= 11 is 3.14. The summed E-state index contributed by atoms with van der Waals surface area (Å²) in [6.07, 6.45) is 3.20. The van der Waals surface area contributed by atoms with Crippen LogP contribution in [0.1, 0.15) is 43.6 Å². The van der Waals surface area contributed by atoms with Crippen LogP contribution in [0.2, 0.25) is 0 Å². The average molecular weight is 380 g/mol. The van der Waals surface area contributed by atoms with Crippen LogP contribution in [0, 0.1) is 0 Å². The van der Waals surface area contributed by atoms with E-state index in [1.54, 1.807) is 24.5 Å². The van der Waals surface area contributed by atoms with Gasteiger partial charge in [0.2, 0.25) is 0 Å². The molecular weight excluding hydrogens is 366 g/mol. The molecule has 2 N–H and O–H groups in total. The number of carbonyl (C=O) groups excluding carboxylic acids is 1. The molecule has 2 aromatic rings. The fourth-order valence-electron chi connectivity index (χ4n) is 1.59. The van der Waals surface area contributed by atoms with Crippen LogP contribution in [0.5, 0.6) is 0 Å². The van der Waals surface area contributed by atoms with Crippen molar-refractivity contribution in [2.75, 3.05) is 0 Å². The number of pyridine rings is 1. The first-order valence-corrected chi connectivity index (χ1v) is 7.54. The van der Waals surface area contributed by atoms with E-state index in [-0.39, 0.29) is 16.9 Å². The van der Waals surface area contributed by atoms with Crippen molar-refractivity contribution < 1.29 is 24.6 Å². The Labute approximate surface area is 140 Å². The van der Waals surface area contributed by atoms with Gasteiger partial charge >= 0.3 is 11.9 Å². The minimum Gasteiger partial charge on any atom is -0.478 e. The molecule has 6 nitrogen and oxygen atoms in total. The van der Waals surface area contributed by atoms with E-state index in [0.29, 0.717) is 16.5 Å². The molecule has 0 atom stereocenters. The highest BCUT2D eigenvalue weighted by Crippen LogP contribution is 2.13.